The summed E-state index contributed by atoms with van der Waals surface area (Å²) in [6.07, 6.45) is 3.08. The quantitative estimate of drug-likeness (QED) is 0.208. The number of hydrogen-bond donors (Lipinski definition) is 0. The minimum absolute atomic E-state index is 0.0786. The van der Waals surface area contributed by atoms with Gasteiger partial charge in [-0.2, -0.15) is 0 Å². The van der Waals surface area contributed by atoms with Crippen molar-refractivity contribution in [2.24, 2.45) is 0 Å². The van der Waals surface area contributed by atoms with Crippen molar-refractivity contribution in [3.05, 3.63) is 35.9 Å². The van der Waals surface area contributed by atoms with Crippen LogP contribution in [0.15, 0.2) is 30.3 Å². The number of hydrogen-bond acceptors (Lipinski definition) is 1. The van der Waals surface area contributed by atoms with Crippen molar-refractivity contribution in [2.75, 3.05) is 4.43 Å². The molecular formula is C13H13IO. The highest BCUT2D eigenvalue weighted by molar-refractivity contribution is 14.1. The van der Waals surface area contributed by atoms with Crippen LogP contribution < -0.4 is 0 Å². The van der Waals surface area contributed by atoms with E-state index in [1.54, 1.807) is 12.1 Å². The Morgan fingerprint density at radius 3 is 2.60 bits per heavy atom. The monoisotopic (exact) mass is 312 g/mol. The van der Waals surface area contributed by atoms with Gasteiger partial charge in [-0.15, -0.1) is 0 Å². The van der Waals surface area contributed by atoms with E-state index in [0.717, 1.165) is 17.3 Å². The van der Waals surface area contributed by atoms with Gasteiger partial charge in [-0.3, -0.25) is 4.79 Å². The molecule has 0 spiro atoms. The first-order chi connectivity index (χ1) is 7.34. The summed E-state index contributed by atoms with van der Waals surface area (Å²) in [5, 5.41) is 0. The number of carbonyl (C=O) groups excluding carboxylic acids is 1. The highest BCUT2D eigenvalue weighted by Crippen LogP contribution is 2.00. The lowest BCUT2D eigenvalue weighted by Crippen LogP contribution is -1.93. The molecule has 0 saturated carbocycles. The summed E-state index contributed by atoms with van der Waals surface area (Å²) in [5.74, 6) is 5.50. The van der Waals surface area contributed by atoms with E-state index >= 15 is 0 Å². The van der Waals surface area contributed by atoms with Crippen molar-refractivity contribution in [3.63, 3.8) is 0 Å². The summed E-state index contributed by atoms with van der Waals surface area (Å²) in [6, 6.07) is 9.18. The van der Waals surface area contributed by atoms with Gasteiger partial charge in [0.2, 0.25) is 5.78 Å². The molecule has 15 heavy (non-hydrogen) atoms. The number of halogens is 1. The molecule has 1 aromatic carbocycles. The first-order valence-corrected chi connectivity index (χ1v) is 6.51. The Hall–Kier alpha value is -0.820. The maximum atomic E-state index is 11.5. The molecule has 1 rings (SSSR count). The zero-order valence-electron chi connectivity index (χ0n) is 8.50. The molecule has 0 amide bonds. The molecule has 78 valence electrons. The molecule has 0 atom stereocenters. The molecule has 0 N–H and O–H groups in total. The average Bonchev–Trinajstić information content (AvgIpc) is 2.30. The Bertz CT molecular complexity index is 359. The number of alkyl halides is 1. The predicted molar refractivity (Wildman–Crippen MR) is 71.3 cm³/mol. The second-order valence-corrected chi connectivity index (χ2v) is 4.22. The fourth-order valence-electron chi connectivity index (χ4n) is 1.11. The van der Waals surface area contributed by atoms with Crippen LogP contribution in [0.1, 0.15) is 29.6 Å². The van der Waals surface area contributed by atoms with Crippen LogP contribution in [0.25, 0.3) is 0 Å². The van der Waals surface area contributed by atoms with Crippen LogP contribution in [0.4, 0.5) is 0 Å². The maximum Gasteiger partial charge on any atom is 0.235 e. The number of ketones is 1. The van der Waals surface area contributed by atoms with Crippen LogP contribution >= 0.6 is 22.6 Å². The van der Waals surface area contributed by atoms with Crippen molar-refractivity contribution >= 4 is 28.4 Å². The Kier molecular flexibility index (Phi) is 6.10. The van der Waals surface area contributed by atoms with Gasteiger partial charge in [-0.25, -0.2) is 0 Å². The van der Waals surface area contributed by atoms with E-state index in [1.807, 2.05) is 18.2 Å². The molecule has 0 radical (unpaired) electrons. The Morgan fingerprint density at radius 2 is 1.93 bits per heavy atom. The van der Waals surface area contributed by atoms with Crippen LogP contribution in [0.5, 0.6) is 0 Å². The maximum absolute atomic E-state index is 11.5. The summed E-state index contributed by atoms with van der Waals surface area (Å²) >= 11 is 2.35. The smallest absolute Gasteiger partial charge is 0.235 e. The third-order valence-corrected chi connectivity index (χ3v) is 2.69. The molecule has 1 nitrogen and oxygen atoms in total. The molecule has 1 aromatic rings. The number of rotatable bonds is 4. The number of benzene rings is 1. The fourth-order valence-corrected chi connectivity index (χ4v) is 1.65. The Balaban J connectivity index is 2.42. The van der Waals surface area contributed by atoms with Gasteiger partial charge in [0, 0.05) is 12.0 Å². The second-order valence-electron chi connectivity index (χ2n) is 3.14. The standard InChI is InChI=1S/C13H13IO/c14-11-7-2-1-6-10-13(15)12-8-4-3-5-9-12/h3-5,8-9H,1-2,7,11H2. The number of Topliss-reactive ketones (excluding diaryl/α,β-unsaturated/α-hetero) is 1. The topological polar surface area (TPSA) is 17.1 Å². The Labute approximate surface area is 104 Å². The summed E-state index contributed by atoms with van der Waals surface area (Å²) in [4.78, 5) is 11.5. The molecule has 0 aliphatic heterocycles. The van der Waals surface area contributed by atoms with E-state index in [4.69, 9.17) is 0 Å². The molecule has 0 aliphatic carbocycles. The van der Waals surface area contributed by atoms with Gasteiger partial charge < -0.3 is 0 Å². The van der Waals surface area contributed by atoms with E-state index < -0.39 is 0 Å². The first kappa shape index (κ1) is 12.3. The number of carbonyl (C=O) groups is 1. The van der Waals surface area contributed by atoms with Crippen LogP contribution in [0, 0.1) is 11.8 Å². The second kappa shape index (κ2) is 7.47. The van der Waals surface area contributed by atoms with Gasteiger partial charge >= 0.3 is 0 Å². The highest BCUT2D eigenvalue weighted by atomic mass is 127. The van der Waals surface area contributed by atoms with Crippen LogP contribution in [0.2, 0.25) is 0 Å². The number of unbranched alkanes of at least 4 members (excludes halogenated alkanes) is 2. The van der Waals surface area contributed by atoms with Gasteiger partial charge in [0.1, 0.15) is 0 Å². The minimum atomic E-state index is -0.0786. The lowest BCUT2D eigenvalue weighted by Gasteiger charge is -1.91. The van der Waals surface area contributed by atoms with Gasteiger partial charge in [-0.05, 0) is 23.2 Å². The van der Waals surface area contributed by atoms with Crippen molar-refractivity contribution in [3.8, 4) is 11.8 Å². The molecule has 0 aromatic heterocycles. The lowest BCUT2D eigenvalue weighted by atomic mass is 10.1. The van der Waals surface area contributed by atoms with Gasteiger partial charge in [0.15, 0.2) is 0 Å². The minimum Gasteiger partial charge on any atom is -0.279 e. The molecular weight excluding hydrogens is 299 g/mol. The summed E-state index contributed by atoms with van der Waals surface area (Å²) in [6.45, 7) is 0. The molecule has 0 saturated heterocycles. The molecule has 2 heteroatoms. The van der Waals surface area contributed by atoms with Gasteiger partial charge in [0.05, 0.1) is 0 Å². The predicted octanol–water partition coefficient (Wildman–Crippen LogP) is 3.48. The van der Waals surface area contributed by atoms with E-state index in [2.05, 4.69) is 34.4 Å². The largest absolute Gasteiger partial charge is 0.279 e. The summed E-state index contributed by atoms with van der Waals surface area (Å²) in [7, 11) is 0. The normalized spacial score (nSPS) is 9.13. The summed E-state index contributed by atoms with van der Waals surface area (Å²) in [5.41, 5.74) is 0.680. The Morgan fingerprint density at radius 1 is 1.20 bits per heavy atom. The zero-order chi connectivity index (χ0) is 10.9. The molecule has 0 unspecified atom stereocenters. The average molecular weight is 312 g/mol. The fraction of sp³-hybridized carbons (Fsp3) is 0.308. The highest BCUT2D eigenvalue weighted by Gasteiger charge is 1.98. The first-order valence-electron chi connectivity index (χ1n) is 4.99. The van der Waals surface area contributed by atoms with Crippen molar-refractivity contribution in [1.82, 2.24) is 0 Å². The van der Waals surface area contributed by atoms with Gasteiger partial charge in [0.25, 0.3) is 0 Å². The van der Waals surface area contributed by atoms with Crippen LogP contribution in [-0.4, -0.2) is 10.2 Å². The molecule has 0 heterocycles. The SMILES string of the molecule is O=C(C#CCCCCI)c1ccccc1. The molecule has 0 aliphatic rings. The molecule has 0 bridgehead atoms. The van der Waals surface area contributed by atoms with Crippen molar-refractivity contribution in [1.29, 1.82) is 0 Å². The van der Waals surface area contributed by atoms with E-state index in [-0.39, 0.29) is 5.78 Å². The van der Waals surface area contributed by atoms with E-state index in [9.17, 15) is 4.79 Å². The summed E-state index contributed by atoms with van der Waals surface area (Å²) < 4.78 is 1.16. The lowest BCUT2D eigenvalue weighted by molar-refractivity contribution is 0.105. The van der Waals surface area contributed by atoms with Crippen molar-refractivity contribution in [2.45, 2.75) is 19.3 Å². The van der Waals surface area contributed by atoms with Crippen LogP contribution in [-0.2, 0) is 0 Å². The van der Waals surface area contributed by atoms with E-state index in [1.165, 1.54) is 6.42 Å². The third-order valence-electron chi connectivity index (χ3n) is 1.92. The third kappa shape index (κ3) is 4.98. The van der Waals surface area contributed by atoms with Gasteiger partial charge in [-0.1, -0.05) is 58.8 Å². The van der Waals surface area contributed by atoms with E-state index in [0.29, 0.717) is 5.56 Å². The molecule has 0 fully saturated rings. The zero-order valence-corrected chi connectivity index (χ0v) is 10.7. The van der Waals surface area contributed by atoms with Crippen LogP contribution in [0.3, 0.4) is 0 Å². The van der Waals surface area contributed by atoms with Crippen molar-refractivity contribution < 1.29 is 4.79 Å².